The zero-order chi connectivity index (χ0) is 19.3. The van der Waals surface area contributed by atoms with Gasteiger partial charge in [-0.05, 0) is 55.0 Å². The van der Waals surface area contributed by atoms with E-state index in [0.717, 1.165) is 43.1 Å². The number of carbonyl (C=O) groups excluding carboxylic acids is 1. The molecule has 148 valence electrons. The zero-order valence-electron chi connectivity index (χ0n) is 15.9. The molecule has 6 nitrogen and oxygen atoms in total. The van der Waals surface area contributed by atoms with Gasteiger partial charge in [0.25, 0.3) is 0 Å². The Kier molecular flexibility index (Phi) is 5.78. The summed E-state index contributed by atoms with van der Waals surface area (Å²) >= 11 is 0. The van der Waals surface area contributed by atoms with Crippen LogP contribution in [0.4, 0.5) is 0 Å². The van der Waals surface area contributed by atoms with Crippen LogP contribution in [-0.2, 0) is 9.47 Å². The van der Waals surface area contributed by atoms with Gasteiger partial charge in [0.1, 0.15) is 17.2 Å². The van der Waals surface area contributed by atoms with E-state index in [4.69, 9.17) is 23.7 Å². The second-order valence-corrected chi connectivity index (χ2v) is 7.03. The van der Waals surface area contributed by atoms with Gasteiger partial charge in [-0.2, -0.15) is 0 Å². The van der Waals surface area contributed by atoms with Gasteiger partial charge in [0.2, 0.25) is 0 Å². The van der Waals surface area contributed by atoms with Gasteiger partial charge in [-0.1, -0.05) is 0 Å². The Labute approximate surface area is 164 Å². The van der Waals surface area contributed by atoms with Gasteiger partial charge in [0.15, 0.2) is 0 Å². The predicted molar refractivity (Wildman–Crippen MR) is 102 cm³/mol. The molecule has 0 amide bonds. The van der Waals surface area contributed by atoms with Crippen LogP contribution < -0.4 is 14.2 Å². The molecule has 2 aliphatic rings. The molecule has 2 aliphatic heterocycles. The number of benzene rings is 2. The molecule has 0 radical (unpaired) electrons. The van der Waals surface area contributed by atoms with Gasteiger partial charge in [0.05, 0.1) is 44.2 Å². The van der Waals surface area contributed by atoms with Crippen LogP contribution in [-0.4, -0.2) is 44.6 Å². The molecule has 0 N–H and O–H groups in total. The normalized spacial score (nSPS) is 19.8. The number of rotatable bonds is 10. The average Bonchev–Trinajstić information content (AvgIpc) is 3.59. The molecule has 28 heavy (non-hydrogen) atoms. The molecule has 2 atom stereocenters. The van der Waals surface area contributed by atoms with E-state index in [9.17, 15) is 4.79 Å². The topological polar surface area (TPSA) is 69.8 Å². The van der Waals surface area contributed by atoms with Crippen molar-refractivity contribution in [1.82, 2.24) is 0 Å². The maximum absolute atomic E-state index is 12.4. The smallest absolute Gasteiger partial charge is 0.343 e. The number of esters is 1. The van der Waals surface area contributed by atoms with Crippen molar-refractivity contribution in [2.24, 2.45) is 0 Å². The van der Waals surface area contributed by atoms with Crippen LogP contribution in [0.15, 0.2) is 42.5 Å². The first kappa shape index (κ1) is 18.8. The molecular weight excluding hydrogens is 360 g/mol. The van der Waals surface area contributed by atoms with Gasteiger partial charge in [-0.25, -0.2) is 4.79 Å². The fourth-order valence-electron chi connectivity index (χ4n) is 2.78. The molecule has 2 aromatic carbocycles. The Morgan fingerprint density at radius 1 is 0.929 bits per heavy atom. The summed E-state index contributed by atoms with van der Waals surface area (Å²) in [7, 11) is 0. The zero-order valence-corrected chi connectivity index (χ0v) is 15.9. The lowest BCUT2D eigenvalue weighted by Gasteiger charge is -2.11. The summed E-state index contributed by atoms with van der Waals surface area (Å²) in [5.41, 5.74) is 1.39. The van der Waals surface area contributed by atoms with Crippen molar-refractivity contribution >= 4 is 5.97 Å². The van der Waals surface area contributed by atoms with Crippen LogP contribution in [0.3, 0.4) is 0 Å². The fraction of sp³-hybridized carbons (Fsp3) is 0.409. The molecule has 6 heteroatoms. The third-order valence-corrected chi connectivity index (χ3v) is 4.66. The van der Waals surface area contributed by atoms with Gasteiger partial charge in [0, 0.05) is 12.8 Å². The van der Waals surface area contributed by atoms with Crippen LogP contribution in [0.5, 0.6) is 17.2 Å². The van der Waals surface area contributed by atoms with Crippen LogP contribution in [0.25, 0.3) is 0 Å². The highest BCUT2D eigenvalue weighted by Gasteiger charge is 2.22. The second-order valence-electron chi connectivity index (χ2n) is 7.03. The molecule has 2 aromatic rings. The van der Waals surface area contributed by atoms with E-state index in [0.29, 0.717) is 36.7 Å². The van der Waals surface area contributed by atoms with Gasteiger partial charge in [-0.3, -0.25) is 0 Å². The molecule has 2 unspecified atom stereocenters. The highest BCUT2D eigenvalue weighted by molar-refractivity contribution is 5.91. The van der Waals surface area contributed by atoms with E-state index in [1.807, 2.05) is 13.0 Å². The SMILES string of the molecule is Cc1cc(OC(=O)c2ccc(OCCC3CO3)cc2)ccc1OCCC1CO1. The molecule has 2 heterocycles. The van der Waals surface area contributed by atoms with Gasteiger partial charge in [-0.15, -0.1) is 0 Å². The van der Waals surface area contributed by atoms with E-state index in [2.05, 4.69) is 0 Å². The van der Waals surface area contributed by atoms with E-state index < -0.39 is 5.97 Å². The third-order valence-electron chi connectivity index (χ3n) is 4.66. The summed E-state index contributed by atoms with van der Waals surface area (Å²) in [6.07, 6.45) is 2.48. The van der Waals surface area contributed by atoms with Crippen molar-refractivity contribution in [3.63, 3.8) is 0 Å². The lowest BCUT2D eigenvalue weighted by molar-refractivity contribution is 0.0734. The number of aryl methyl sites for hydroxylation is 1. The van der Waals surface area contributed by atoms with Gasteiger partial charge < -0.3 is 23.7 Å². The van der Waals surface area contributed by atoms with Crippen LogP contribution in [0.2, 0.25) is 0 Å². The Bertz CT molecular complexity index is 808. The number of epoxide rings is 2. The molecule has 0 spiro atoms. The first-order chi connectivity index (χ1) is 13.7. The summed E-state index contributed by atoms with van der Waals surface area (Å²) in [4.78, 5) is 12.4. The largest absolute Gasteiger partial charge is 0.493 e. The summed E-state index contributed by atoms with van der Waals surface area (Å²) in [5.74, 6) is 1.60. The van der Waals surface area contributed by atoms with Crippen LogP contribution in [0.1, 0.15) is 28.8 Å². The van der Waals surface area contributed by atoms with Crippen LogP contribution in [0, 0.1) is 6.92 Å². The van der Waals surface area contributed by atoms with Crippen molar-refractivity contribution in [3.05, 3.63) is 53.6 Å². The molecule has 0 saturated carbocycles. The summed E-state index contributed by atoms with van der Waals surface area (Å²) in [5, 5.41) is 0. The minimum atomic E-state index is -0.406. The van der Waals surface area contributed by atoms with Crippen molar-refractivity contribution in [3.8, 4) is 17.2 Å². The number of hydrogen-bond acceptors (Lipinski definition) is 6. The van der Waals surface area contributed by atoms with Crippen molar-refractivity contribution in [2.45, 2.75) is 32.0 Å². The Balaban J connectivity index is 1.27. The van der Waals surface area contributed by atoms with Gasteiger partial charge >= 0.3 is 5.97 Å². The fourth-order valence-corrected chi connectivity index (χ4v) is 2.78. The lowest BCUT2D eigenvalue weighted by atomic mass is 10.2. The average molecular weight is 384 g/mol. The van der Waals surface area contributed by atoms with Crippen molar-refractivity contribution < 1.29 is 28.5 Å². The summed E-state index contributed by atoms with van der Waals surface area (Å²) in [6, 6.07) is 12.3. The lowest BCUT2D eigenvalue weighted by Crippen LogP contribution is -2.09. The predicted octanol–water partition coefficient (Wildman–Crippen LogP) is 3.55. The highest BCUT2D eigenvalue weighted by atomic mass is 16.6. The Morgan fingerprint density at radius 2 is 1.54 bits per heavy atom. The van der Waals surface area contributed by atoms with E-state index >= 15 is 0 Å². The molecule has 4 rings (SSSR count). The molecule has 0 bridgehead atoms. The van der Waals surface area contributed by atoms with Crippen molar-refractivity contribution in [1.29, 1.82) is 0 Å². The number of ether oxygens (including phenoxy) is 5. The maximum atomic E-state index is 12.4. The summed E-state index contributed by atoms with van der Waals surface area (Å²) in [6.45, 7) is 4.82. The second kappa shape index (κ2) is 8.63. The minimum absolute atomic E-state index is 0.349. The first-order valence-electron chi connectivity index (χ1n) is 9.59. The summed E-state index contributed by atoms with van der Waals surface area (Å²) < 4.78 is 27.2. The molecule has 2 fully saturated rings. The first-order valence-corrected chi connectivity index (χ1v) is 9.59. The Morgan fingerprint density at radius 3 is 2.14 bits per heavy atom. The third kappa shape index (κ3) is 5.47. The molecule has 0 aromatic heterocycles. The highest BCUT2D eigenvalue weighted by Crippen LogP contribution is 2.25. The van der Waals surface area contributed by atoms with Crippen LogP contribution >= 0.6 is 0 Å². The molecular formula is C22H24O6. The van der Waals surface area contributed by atoms with E-state index in [1.165, 1.54) is 0 Å². The standard InChI is InChI=1S/C22H24O6/c1-15-12-18(6-7-21(15)25-11-9-20-14-27-20)28-22(23)16-2-4-17(5-3-16)24-10-8-19-13-26-19/h2-7,12,19-20H,8-11,13-14H2,1H3. The quantitative estimate of drug-likeness (QED) is 0.354. The molecule has 2 saturated heterocycles. The monoisotopic (exact) mass is 384 g/mol. The van der Waals surface area contributed by atoms with E-state index in [-0.39, 0.29) is 0 Å². The van der Waals surface area contributed by atoms with Crippen molar-refractivity contribution in [2.75, 3.05) is 26.4 Å². The number of carbonyl (C=O) groups is 1. The Hall–Kier alpha value is -2.57. The minimum Gasteiger partial charge on any atom is -0.493 e. The maximum Gasteiger partial charge on any atom is 0.343 e. The number of hydrogen-bond donors (Lipinski definition) is 0. The van der Waals surface area contributed by atoms with E-state index in [1.54, 1.807) is 36.4 Å². The molecule has 0 aliphatic carbocycles.